The number of aromatic nitrogens is 4. The van der Waals surface area contributed by atoms with Gasteiger partial charge in [0.15, 0.2) is 5.69 Å². The van der Waals surface area contributed by atoms with Crippen LogP contribution in [0.15, 0.2) is 53.5 Å². The molecule has 2 N–H and O–H groups in total. The van der Waals surface area contributed by atoms with Gasteiger partial charge in [-0.2, -0.15) is 10.2 Å². The van der Waals surface area contributed by atoms with Gasteiger partial charge in [0, 0.05) is 37.3 Å². The number of nitrogens with zero attached hydrogens (tertiary/aromatic N) is 4. The van der Waals surface area contributed by atoms with E-state index in [0.717, 1.165) is 10.7 Å². The van der Waals surface area contributed by atoms with Crippen molar-refractivity contribution in [2.75, 3.05) is 0 Å². The van der Waals surface area contributed by atoms with Gasteiger partial charge in [0.25, 0.3) is 17.4 Å². The van der Waals surface area contributed by atoms with E-state index in [1.165, 1.54) is 31.0 Å². The fraction of sp³-hybridized carbons (Fsp3) is 0.0952. The summed E-state index contributed by atoms with van der Waals surface area (Å²) in [5.74, 6) is -3.19. The number of hydrazine groups is 1. The maximum atomic E-state index is 14.2. The van der Waals surface area contributed by atoms with Crippen LogP contribution >= 0.6 is 0 Å². The van der Waals surface area contributed by atoms with Crippen molar-refractivity contribution in [2.45, 2.75) is 0 Å². The second-order valence-electron chi connectivity index (χ2n) is 6.92. The SMILES string of the molecule is Cn1cc(C(=O)NNC(=O)c2nn(C)c(=O)c3ccccc23)c(-c2ccc(F)cc2F)n1. The monoisotopic (exact) mass is 438 g/mol. The highest BCUT2D eigenvalue weighted by Crippen LogP contribution is 2.25. The Bertz CT molecular complexity index is 1440. The maximum absolute atomic E-state index is 14.2. The predicted molar refractivity (Wildman–Crippen MR) is 110 cm³/mol. The summed E-state index contributed by atoms with van der Waals surface area (Å²) in [6.45, 7) is 0. The molecule has 0 saturated carbocycles. The number of halogens is 2. The first-order valence-electron chi connectivity index (χ1n) is 9.32. The van der Waals surface area contributed by atoms with E-state index in [9.17, 15) is 23.2 Å². The van der Waals surface area contributed by atoms with E-state index in [1.54, 1.807) is 24.3 Å². The molecule has 0 aliphatic rings. The summed E-state index contributed by atoms with van der Waals surface area (Å²) in [5, 5.41) is 8.66. The largest absolute Gasteiger partial charge is 0.290 e. The molecule has 9 nitrogen and oxygen atoms in total. The average molecular weight is 438 g/mol. The van der Waals surface area contributed by atoms with Crippen molar-refractivity contribution in [2.24, 2.45) is 14.1 Å². The van der Waals surface area contributed by atoms with E-state index >= 15 is 0 Å². The van der Waals surface area contributed by atoms with Crippen molar-refractivity contribution < 1.29 is 18.4 Å². The third-order valence-electron chi connectivity index (χ3n) is 4.72. The Morgan fingerprint density at radius 1 is 0.938 bits per heavy atom. The third kappa shape index (κ3) is 3.71. The van der Waals surface area contributed by atoms with Crippen LogP contribution in [0, 0.1) is 11.6 Å². The van der Waals surface area contributed by atoms with Crippen molar-refractivity contribution in [1.29, 1.82) is 0 Å². The van der Waals surface area contributed by atoms with Crippen molar-refractivity contribution in [1.82, 2.24) is 30.4 Å². The minimum absolute atomic E-state index is 0.0255. The lowest BCUT2D eigenvalue weighted by atomic mass is 10.1. The second kappa shape index (κ2) is 8.02. The zero-order valence-corrected chi connectivity index (χ0v) is 16.9. The van der Waals surface area contributed by atoms with Crippen LogP contribution in [0.2, 0.25) is 0 Å². The number of rotatable bonds is 3. The molecule has 4 rings (SSSR count). The molecule has 11 heteroatoms. The maximum Gasteiger partial charge on any atom is 0.290 e. The van der Waals surface area contributed by atoms with Gasteiger partial charge in [0.1, 0.15) is 17.3 Å². The summed E-state index contributed by atoms with van der Waals surface area (Å²) < 4.78 is 29.8. The fourth-order valence-electron chi connectivity index (χ4n) is 3.24. The topological polar surface area (TPSA) is 111 Å². The Morgan fingerprint density at radius 3 is 2.34 bits per heavy atom. The molecule has 162 valence electrons. The van der Waals surface area contributed by atoms with Crippen LogP contribution in [0.25, 0.3) is 22.0 Å². The molecule has 4 aromatic rings. The van der Waals surface area contributed by atoms with Crippen LogP contribution in [-0.4, -0.2) is 31.4 Å². The molecule has 0 unspecified atom stereocenters. The molecule has 0 saturated heterocycles. The van der Waals surface area contributed by atoms with Crippen LogP contribution in [0.4, 0.5) is 8.78 Å². The smallest absolute Gasteiger partial charge is 0.274 e. The first-order valence-corrected chi connectivity index (χ1v) is 9.32. The molecule has 0 radical (unpaired) electrons. The van der Waals surface area contributed by atoms with Crippen LogP contribution in [0.1, 0.15) is 20.8 Å². The van der Waals surface area contributed by atoms with Gasteiger partial charge in [-0.25, -0.2) is 13.5 Å². The summed E-state index contributed by atoms with van der Waals surface area (Å²) in [6, 6.07) is 9.34. The average Bonchev–Trinajstić information content (AvgIpc) is 3.15. The molecular formula is C21H16F2N6O3. The molecule has 2 amide bonds. The molecule has 0 spiro atoms. The van der Waals surface area contributed by atoms with E-state index in [-0.39, 0.29) is 28.1 Å². The lowest BCUT2D eigenvalue weighted by Gasteiger charge is -2.10. The number of hydrogen-bond donors (Lipinski definition) is 2. The van der Waals surface area contributed by atoms with Gasteiger partial charge in [-0.05, 0) is 18.2 Å². The first-order chi connectivity index (χ1) is 15.3. The standard InChI is InChI=1S/C21H16F2N6O3/c1-28-10-15(17(26-28)14-8-7-11(22)9-16(14)23)19(30)24-25-20(31)18-12-5-3-4-6-13(12)21(32)29(2)27-18/h3-10H,1-2H3,(H,24,30)(H,25,31). The van der Waals surface area contributed by atoms with Gasteiger partial charge in [-0.1, -0.05) is 18.2 Å². The second-order valence-corrected chi connectivity index (χ2v) is 6.92. The molecule has 2 aromatic carbocycles. The highest BCUT2D eigenvalue weighted by molar-refractivity contribution is 6.06. The number of nitrogens with one attached hydrogen (secondary N) is 2. The number of fused-ring (bicyclic) bond motifs is 1. The summed E-state index contributed by atoms with van der Waals surface area (Å²) in [6.07, 6.45) is 1.33. The van der Waals surface area contributed by atoms with E-state index < -0.39 is 23.4 Å². The summed E-state index contributed by atoms with van der Waals surface area (Å²) in [5.41, 5.74) is 3.89. The van der Waals surface area contributed by atoms with Gasteiger partial charge < -0.3 is 0 Å². The Kier molecular flexibility index (Phi) is 5.23. The van der Waals surface area contributed by atoms with Gasteiger partial charge in [-0.15, -0.1) is 0 Å². The molecule has 0 bridgehead atoms. The van der Waals surface area contributed by atoms with Crippen molar-refractivity contribution in [3.63, 3.8) is 0 Å². The number of hydrogen-bond acceptors (Lipinski definition) is 5. The Hall–Kier alpha value is -4.41. The van der Waals surface area contributed by atoms with Crippen molar-refractivity contribution >= 4 is 22.6 Å². The molecular weight excluding hydrogens is 422 g/mol. The van der Waals surface area contributed by atoms with Gasteiger partial charge in [0.05, 0.1) is 10.9 Å². The van der Waals surface area contributed by atoms with Crippen molar-refractivity contribution in [3.05, 3.63) is 81.9 Å². The van der Waals surface area contributed by atoms with Gasteiger partial charge in [0.2, 0.25) is 0 Å². The predicted octanol–water partition coefficient (Wildman–Crippen LogP) is 1.69. The Labute approximate surface area is 179 Å². The van der Waals surface area contributed by atoms with Crippen LogP contribution in [-0.2, 0) is 14.1 Å². The molecule has 0 aliphatic heterocycles. The van der Waals surface area contributed by atoms with Crippen LogP contribution in [0.5, 0.6) is 0 Å². The molecule has 2 aromatic heterocycles. The molecule has 0 aliphatic carbocycles. The zero-order valence-electron chi connectivity index (χ0n) is 16.9. The third-order valence-corrected chi connectivity index (χ3v) is 4.72. The number of carbonyl (C=O) groups excluding carboxylic acids is 2. The molecule has 32 heavy (non-hydrogen) atoms. The number of amides is 2. The van der Waals surface area contributed by atoms with Crippen molar-refractivity contribution in [3.8, 4) is 11.3 Å². The zero-order chi connectivity index (χ0) is 23.0. The van der Waals surface area contributed by atoms with Crippen LogP contribution < -0.4 is 16.4 Å². The van der Waals surface area contributed by atoms with E-state index in [4.69, 9.17) is 0 Å². The number of carbonyl (C=O) groups is 2. The van der Waals surface area contributed by atoms with Gasteiger partial charge >= 0.3 is 0 Å². The number of aryl methyl sites for hydroxylation is 2. The van der Waals surface area contributed by atoms with Crippen LogP contribution in [0.3, 0.4) is 0 Å². The Balaban J connectivity index is 1.61. The van der Waals surface area contributed by atoms with E-state index in [2.05, 4.69) is 21.0 Å². The molecule has 2 heterocycles. The minimum atomic E-state index is -0.886. The normalized spacial score (nSPS) is 10.9. The quantitative estimate of drug-likeness (QED) is 0.473. The fourth-order valence-corrected chi connectivity index (χ4v) is 3.24. The summed E-state index contributed by atoms with van der Waals surface area (Å²) in [7, 11) is 2.93. The highest BCUT2D eigenvalue weighted by Gasteiger charge is 2.22. The summed E-state index contributed by atoms with van der Waals surface area (Å²) in [4.78, 5) is 37.6. The molecule has 0 atom stereocenters. The minimum Gasteiger partial charge on any atom is -0.274 e. The van der Waals surface area contributed by atoms with Gasteiger partial charge in [-0.3, -0.25) is 29.9 Å². The lowest BCUT2D eigenvalue weighted by molar-refractivity contribution is 0.0844. The lowest BCUT2D eigenvalue weighted by Crippen LogP contribution is -2.42. The highest BCUT2D eigenvalue weighted by atomic mass is 19.1. The first kappa shape index (κ1) is 20.8. The Morgan fingerprint density at radius 2 is 1.62 bits per heavy atom. The summed E-state index contributed by atoms with van der Waals surface area (Å²) >= 11 is 0. The van der Waals surface area contributed by atoms with E-state index in [0.29, 0.717) is 16.8 Å². The molecule has 0 fully saturated rings. The number of benzene rings is 2. The van der Waals surface area contributed by atoms with E-state index in [1.807, 2.05) is 0 Å².